The first-order valence-electron chi connectivity index (χ1n) is 7.15. The Morgan fingerprint density at radius 3 is 2.40 bits per heavy atom. The fourth-order valence-corrected chi connectivity index (χ4v) is 3.04. The Kier molecular flexibility index (Phi) is 6.29. The lowest BCUT2D eigenvalue weighted by molar-refractivity contribution is -0.115. The lowest BCUT2D eigenvalue weighted by Crippen LogP contribution is -2.32. The number of nitrogens with zero attached hydrogens (tertiary/aromatic N) is 1. The number of sulfonamides is 1. The van der Waals surface area contributed by atoms with E-state index in [0.29, 0.717) is 5.56 Å². The van der Waals surface area contributed by atoms with E-state index in [1.165, 1.54) is 12.1 Å². The lowest BCUT2D eigenvalue weighted by Gasteiger charge is -2.08. The monoisotopic (exact) mass is 425 g/mol. The van der Waals surface area contributed by atoms with Crippen molar-refractivity contribution in [2.45, 2.75) is 17.9 Å². The number of carbonyl (C=O) groups is 1. The molecule has 2 aromatic rings. The molecule has 9 heteroatoms. The van der Waals surface area contributed by atoms with Gasteiger partial charge in [0.1, 0.15) is 5.71 Å². The molecule has 0 saturated carbocycles. The number of oxime groups is 1. The molecule has 4 N–H and O–H groups in total. The molecule has 0 fully saturated rings. The minimum Gasteiger partial charge on any atom is -0.410 e. The average Bonchev–Trinajstić information content (AvgIpc) is 2.57. The van der Waals surface area contributed by atoms with Gasteiger partial charge in [0.2, 0.25) is 10.0 Å². The first kappa shape index (κ1) is 19.1. The van der Waals surface area contributed by atoms with Crippen LogP contribution < -0.4 is 10.5 Å². The normalized spacial score (nSPS) is 12.0. The highest BCUT2D eigenvalue weighted by Gasteiger charge is 2.13. The molecule has 0 aromatic heterocycles. The van der Waals surface area contributed by atoms with Crippen LogP contribution in [0.4, 0.5) is 0 Å². The van der Waals surface area contributed by atoms with E-state index in [-0.39, 0.29) is 23.6 Å². The molecular formula is C16H16BrN3O4S. The Balaban J connectivity index is 1.98. The van der Waals surface area contributed by atoms with Gasteiger partial charge in [0.15, 0.2) is 0 Å². The maximum absolute atomic E-state index is 12.1. The van der Waals surface area contributed by atoms with E-state index in [1.54, 1.807) is 12.1 Å². The molecule has 0 atom stereocenters. The maximum Gasteiger partial charge on any atom is 0.269 e. The predicted octanol–water partition coefficient (Wildman–Crippen LogP) is 1.79. The molecule has 0 radical (unpaired) electrons. The molecule has 0 saturated heterocycles. The van der Waals surface area contributed by atoms with Crippen LogP contribution in [0.3, 0.4) is 0 Å². The third-order valence-corrected chi connectivity index (χ3v) is 4.77. The first-order valence-corrected chi connectivity index (χ1v) is 9.49. The Labute approximate surface area is 153 Å². The van der Waals surface area contributed by atoms with Gasteiger partial charge in [0.05, 0.1) is 4.90 Å². The Bertz CT molecular complexity index is 896. The summed E-state index contributed by atoms with van der Waals surface area (Å²) in [7, 11) is -3.75. The molecule has 0 bridgehead atoms. The van der Waals surface area contributed by atoms with Crippen molar-refractivity contribution in [2.24, 2.45) is 10.3 Å². The zero-order valence-corrected chi connectivity index (χ0v) is 15.4. The molecule has 25 heavy (non-hydrogen) atoms. The highest BCUT2D eigenvalue weighted by molar-refractivity contribution is 9.10. The van der Waals surface area contributed by atoms with Gasteiger partial charge >= 0.3 is 0 Å². The zero-order valence-electron chi connectivity index (χ0n) is 13.0. The van der Waals surface area contributed by atoms with Crippen molar-refractivity contribution < 1.29 is 18.4 Å². The van der Waals surface area contributed by atoms with Crippen molar-refractivity contribution in [3.05, 3.63) is 64.1 Å². The van der Waals surface area contributed by atoms with Gasteiger partial charge in [0, 0.05) is 17.4 Å². The summed E-state index contributed by atoms with van der Waals surface area (Å²) in [4.78, 5) is 12.1. The number of rotatable bonds is 6. The summed E-state index contributed by atoms with van der Waals surface area (Å²) in [5.41, 5.74) is 1.47. The molecular weight excluding hydrogens is 410 g/mol. The zero-order chi connectivity index (χ0) is 18.4. The van der Waals surface area contributed by atoms with Crippen molar-refractivity contribution in [3.8, 4) is 0 Å². The summed E-state index contributed by atoms with van der Waals surface area (Å²) in [5, 5.41) is 19.8. The van der Waals surface area contributed by atoms with Crippen molar-refractivity contribution >= 4 is 37.6 Å². The molecule has 132 valence electrons. The highest BCUT2D eigenvalue weighted by Crippen LogP contribution is 2.13. The minimum atomic E-state index is -3.75. The molecule has 0 aliphatic carbocycles. The number of benzene rings is 2. The van der Waals surface area contributed by atoms with E-state index in [1.807, 2.05) is 24.3 Å². The number of nitrogens with one attached hydrogen (secondary N) is 1. The van der Waals surface area contributed by atoms with Crippen molar-refractivity contribution in [3.63, 3.8) is 0 Å². The van der Waals surface area contributed by atoms with Crippen LogP contribution in [0.1, 0.15) is 11.1 Å². The number of hydrogen-bond donors (Lipinski definition) is 3. The van der Waals surface area contributed by atoms with E-state index >= 15 is 0 Å². The highest BCUT2D eigenvalue weighted by atomic mass is 79.9. The molecule has 0 aliphatic heterocycles. The topological polar surface area (TPSA) is 122 Å². The van der Waals surface area contributed by atoms with Gasteiger partial charge in [-0.15, -0.1) is 0 Å². The number of carbonyl (C=O) groups excluding carboxylic acids is 1. The molecule has 2 rings (SSSR count). The smallest absolute Gasteiger partial charge is 0.269 e. The van der Waals surface area contributed by atoms with Crippen LogP contribution in [0, 0.1) is 0 Å². The van der Waals surface area contributed by atoms with E-state index in [4.69, 9.17) is 10.3 Å². The SMILES string of the molecule is NS(=O)(=O)c1ccc(CNC(=O)/C(Cc2cccc(Br)c2)=N/O)cc1. The summed E-state index contributed by atoms with van der Waals surface area (Å²) >= 11 is 3.34. The van der Waals surface area contributed by atoms with Crippen molar-refractivity contribution in [1.82, 2.24) is 5.32 Å². The molecule has 1 amide bonds. The minimum absolute atomic E-state index is 0.00478. The maximum atomic E-state index is 12.1. The second-order valence-electron chi connectivity index (χ2n) is 5.23. The number of amides is 1. The number of nitrogens with two attached hydrogens (primary N) is 1. The van der Waals surface area contributed by atoms with Crippen LogP contribution in [-0.4, -0.2) is 25.2 Å². The molecule has 0 spiro atoms. The van der Waals surface area contributed by atoms with Gasteiger partial charge < -0.3 is 10.5 Å². The third-order valence-electron chi connectivity index (χ3n) is 3.35. The fraction of sp³-hybridized carbons (Fsp3) is 0.125. The van der Waals surface area contributed by atoms with Crippen LogP contribution in [0.5, 0.6) is 0 Å². The van der Waals surface area contributed by atoms with Gasteiger partial charge in [-0.1, -0.05) is 45.4 Å². The fourth-order valence-electron chi connectivity index (χ4n) is 2.08. The summed E-state index contributed by atoms with van der Waals surface area (Å²) < 4.78 is 23.3. The van der Waals surface area contributed by atoms with Crippen LogP contribution in [0.15, 0.2) is 63.1 Å². The van der Waals surface area contributed by atoms with Gasteiger partial charge in [-0.3, -0.25) is 4.79 Å². The molecule has 0 aliphatic rings. The summed E-state index contributed by atoms with van der Waals surface area (Å²) in [6, 6.07) is 13.1. The quantitative estimate of drug-likeness (QED) is 0.370. The standard InChI is InChI=1S/C16H16BrN3O4S/c17-13-3-1-2-12(8-13)9-15(20-22)16(21)19-10-11-4-6-14(7-5-11)25(18,23)24/h1-8,22H,9-10H2,(H,19,21)(H2,18,23,24)/b20-15+. The van der Waals surface area contributed by atoms with Gasteiger partial charge in [-0.25, -0.2) is 13.6 Å². The average molecular weight is 426 g/mol. The van der Waals surface area contributed by atoms with Crippen molar-refractivity contribution in [1.29, 1.82) is 0 Å². The van der Waals surface area contributed by atoms with E-state index in [0.717, 1.165) is 10.0 Å². The Hall–Kier alpha value is -2.23. The van der Waals surface area contributed by atoms with Crippen LogP contribution in [-0.2, 0) is 27.8 Å². The van der Waals surface area contributed by atoms with Crippen LogP contribution in [0.25, 0.3) is 0 Å². The first-order chi connectivity index (χ1) is 11.8. The molecule has 7 nitrogen and oxygen atoms in total. The Morgan fingerprint density at radius 1 is 1.16 bits per heavy atom. The van der Waals surface area contributed by atoms with Gasteiger partial charge in [-0.2, -0.15) is 0 Å². The number of hydrogen-bond acceptors (Lipinski definition) is 5. The van der Waals surface area contributed by atoms with Gasteiger partial charge in [0.25, 0.3) is 5.91 Å². The number of primary sulfonamides is 1. The predicted molar refractivity (Wildman–Crippen MR) is 96.7 cm³/mol. The molecule has 2 aromatic carbocycles. The van der Waals surface area contributed by atoms with E-state index < -0.39 is 15.9 Å². The van der Waals surface area contributed by atoms with Crippen LogP contribution in [0.2, 0.25) is 0 Å². The molecule has 0 unspecified atom stereocenters. The number of halogens is 1. The summed E-state index contributed by atoms with van der Waals surface area (Å²) in [5.74, 6) is -0.516. The van der Waals surface area contributed by atoms with Crippen molar-refractivity contribution in [2.75, 3.05) is 0 Å². The summed E-state index contributed by atoms with van der Waals surface area (Å²) in [6.45, 7) is 0.154. The molecule has 0 heterocycles. The van der Waals surface area contributed by atoms with Gasteiger partial charge in [-0.05, 0) is 35.4 Å². The largest absolute Gasteiger partial charge is 0.410 e. The van der Waals surface area contributed by atoms with Crippen LogP contribution >= 0.6 is 15.9 Å². The van der Waals surface area contributed by atoms with E-state index in [2.05, 4.69) is 26.4 Å². The third kappa shape index (κ3) is 5.66. The summed E-state index contributed by atoms with van der Waals surface area (Å²) in [6.07, 6.45) is 0.173. The second-order valence-corrected chi connectivity index (χ2v) is 7.70. The second kappa shape index (κ2) is 8.24. The Morgan fingerprint density at radius 2 is 1.84 bits per heavy atom. The lowest BCUT2D eigenvalue weighted by atomic mass is 10.1. The van der Waals surface area contributed by atoms with E-state index in [9.17, 15) is 13.2 Å².